The minimum atomic E-state index is -4.98. The molecular formula is C35H31F6N5O6S. The van der Waals surface area contributed by atoms with E-state index in [2.05, 4.69) is 19.3 Å². The number of nitrogens with zero attached hydrogens (tertiary/aromatic N) is 4. The first-order chi connectivity index (χ1) is 25.0. The zero-order valence-corrected chi connectivity index (χ0v) is 28.6. The van der Waals surface area contributed by atoms with Gasteiger partial charge in [-0.15, -0.1) is 13.2 Å². The number of alkyl halides is 6. The van der Waals surface area contributed by atoms with Crippen molar-refractivity contribution in [1.82, 2.24) is 19.4 Å². The number of hydrogen-bond donors (Lipinski definition) is 1. The van der Waals surface area contributed by atoms with Crippen LogP contribution in [0.5, 0.6) is 23.1 Å². The minimum absolute atomic E-state index is 0.0356. The van der Waals surface area contributed by atoms with Crippen LogP contribution in [-0.4, -0.2) is 79.0 Å². The van der Waals surface area contributed by atoms with Crippen molar-refractivity contribution in [3.05, 3.63) is 102 Å². The van der Waals surface area contributed by atoms with E-state index >= 15 is 0 Å². The van der Waals surface area contributed by atoms with Gasteiger partial charge in [0, 0.05) is 63.4 Å². The van der Waals surface area contributed by atoms with Crippen molar-refractivity contribution in [3.8, 4) is 23.1 Å². The van der Waals surface area contributed by atoms with Crippen molar-refractivity contribution in [2.24, 2.45) is 7.05 Å². The number of fused-ring (bicyclic) bond motifs is 1. The summed E-state index contributed by atoms with van der Waals surface area (Å²) in [5.41, 5.74) is 2.14. The molecule has 6 rings (SSSR count). The van der Waals surface area contributed by atoms with Gasteiger partial charge in [0.2, 0.25) is 5.88 Å². The van der Waals surface area contributed by atoms with Gasteiger partial charge in [-0.05, 0) is 54.1 Å². The number of sulfonamides is 1. The first-order valence-electron chi connectivity index (χ1n) is 15.9. The van der Waals surface area contributed by atoms with Crippen LogP contribution in [0.2, 0.25) is 0 Å². The Labute approximate surface area is 299 Å². The fraction of sp³-hybridized carbons (Fsp3) is 0.257. The van der Waals surface area contributed by atoms with Crippen LogP contribution in [-0.2, 0) is 23.6 Å². The summed E-state index contributed by atoms with van der Waals surface area (Å²) in [4.78, 5) is 21.2. The van der Waals surface area contributed by atoms with Crippen LogP contribution in [0.4, 0.5) is 32.0 Å². The largest absolute Gasteiger partial charge is 0.573 e. The molecule has 1 aliphatic heterocycles. The lowest BCUT2D eigenvalue weighted by atomic mass is 10.2. The SMILES string of the molecule is Cn1c(C(=O)N2CCN(Cc3ccc(OCC(F)(F)F)cc3)CC2)cc2ccc(Oc3ccc(NS(=O)(=O)c4cccc(OC(F)(F)F)c4)cn3)cc21. The van der Waals surface area contributed by atoms with Crippen molar-refractivity contribution in [1.29, 1.82) is 0 Å². The highest BCUT2D eigenvalue weighted by Gasteiger charge is 2.32. The molecule has 0 bridgehead atoms. The summed E-state index contributed by atoms with van der Waals surface area (Å²) < 4.78 is 119. The number of ether oxygens (including phenoxy) is 3. The van der Waals surface area contributed by atoms with Gasteiger partial charge in [0.25, 0.3) is 15.9 Å². The van der Waals surface area contributed by atoms with Gasteiger partial charge >= 0.3 is 12.5 Å². The van der Waals surface area contributed by atoms with Crippen molar-refractivity contribution in [3.63, 3.8) is 0 Å². The number of carbonyl (C=O) groups is 1. The molecule has 53 heavy (non-hydrogen) atoms. The van der Waals surface area contributed by atoms with Crippen LogP contribution in [0, 0.1) is 0 Å². The van der Waals surface area contributed by atoms with E-state index in [-0.39, 0.29) is 23.2 Å². The molecular weight excluding hydrogens is 732 g/mol. The zero-order chi connectivity index (χ0) is 38.0. The smallest absolute Gasteiger partial charge is 0.484 e. The highest BCUT2D eigenvalue weighted by atomic mass is 32.2. The lowest BCUT2D eigenvalue weighted by Crippen LogP contribution is -2.48. The predicted octanol–water partition coefficient (Wildman–Crippen LogP) is 6.96. The van der Waals surface area contributed by atoms with E-state index in [0.29, 0.717) is 49.7 Å². The molecule has 11 nitrogen and oxygen atoms in total. The van der Waals surface area contributed by atoms with Crippen LogP contribution in [0.1, 0.15) is 16.1 Å². The molecule has 1 N–H and O–H groups in total. The Bertz CT molecular complexity index is 2180. The molecule has 3 aromatic carbocycles. The van der Waals surface area contributed by atoms with Crippen molar-refractivity contribution in [2.45, 2.75) is 24.0 Å². The number of halogens is 6. The monoisotopic (exact) mass is 763 g/mol. The maximum Gasteiger partial charge on any atom is 0.573 e. The predicted molar refractivity (Wildman–Crippen MR) is 180 cm³/mol. The fourth-order valence-corrected chi connectivity index (χ4v) is 6.72. The van der Waals surface area contributed by atoms with Crippen LogP contribution < -0.4 is 18.9 Å². The molecule has 1 fully saturated rings. The molecule has 280 valence electrons. The Morgan fingerprint density at radius 2 is 1.57 bits per heavy atom. The molecule has 0 aliphatic carbocycles. The summed E-state index contributed by atoms with van der Waals surface area (Å²) in [7, 11) is -2.51. The third-order valence-corrected chi connectivity index (χ3v) is 9.57. The van der Waals surface area contributed by atoms with E-state index in [1.165, 1.54) is 30.5 Å². The molecule has 0 atom stereocenters. The molecule has 1 saturated heterocycles. The standard InChI is InChI=1S/C35H31F6N5O6S/c1-44-30-19-27(51-32-12-8-25(20-42-32)43-53(48,49)29-4-2-3-28(18-29)52-35(39,40)41)11-7-24(30)17-31(44)33(47)46-15-13-45(14-16-46)21-23-5-9-26(10-6-23)50-22-34(36,37)38/h2-12,17-20,43H,13-16,21-22H2,1H3. The number of pyridine rings is 1. The summed E-state index contributed by atoms with van der Waals surface area (Å²) in [6, 6.07) is 20.2. The van der Waals surface area contributed by atoms with E-state index in [1.807, 2.05) is 0 Å². The molecule has 0 radical (unpaired) electrons. The van der Waals surface area contributed by atoms with E-state index in [1.54, 1.807) is 52.9 Å². The molecule has 1 amide bonds. The summed E-state index contributed by atoms with van der Waals surface area (Å²) in [5.74, 6) is -0.165. The highest BCUT2D eigenvalue weighted by Crippen LogP contribution is 2.30. The number of anilines is 1. The molecule has 1 aliphatic rings. The van der Waals surface area contributed by atoms with E-state index < -0.39 is 39.8 Å². The van der Waals surface area contributed by atoms with Gasteiger partial charge in [0.15, 0.2) is 6.61 Å². The maximum atomic E-state index is 13.5. The Balaban J connectivity index is 1.04. The number of nitrogens with one attached hydrogen (secondary N) is 1. The normalized spacial score (nSPS) is 14.3. The summed E-state index contributed by atoms with van der Waals surface area (Å²) >= 11 is 0. The number of carbonyl (C=O) groups excluding carboxylic acids is 1. The van der Waals surface area contributed by atoms with Gasteiger partial charge in [-0.25, -0.2) is 13.4 Å². The van der Waals surface area contributed by atoms with Crippen LogP contribution in [0.15, 0.2) is 96.0 Å². The highest BCUT2D eigenvalue weighted by molar-refractivity contribution is 7.92. The summed E-state index contributed by atoms with van der Waals surface area (Å²) in [5, 5.41) is 0.798. The minimum Gasteiger partial charge on any atom is -0.484 e. The van der Waals surface area contributed by atoms with Crippen LogP contribution >= 0.6 is 0 Å². The van der Waals surface area contributed by atoms with Gasteiger partial charge in [-0.1, -0.05) is 18.2 Å². The number of rotatable bonds is 11. The number of hydrogen-bond acceptors (Lipinski definition) is 8. The van der Waals surface area contributed by atoms with Crippen LogP contribution in [0.3, 0.4) is 0 Å². The second-order valence-corrected chi connectivity index (χ2v) is 13.7. The van der Waals surface area contributed by atoms with Gasteiger partial charge in [-0.2, -0.15) is 13.2 Å². The average molecular weight is 764 g/mol. The Morgan fingerprint density at radius 3 is 2.23 bits per heavy atom. The Kier molecular flexibility index (Phi) is 10.5. The summed E-state index contributed by atoms with van der Waals surface area (Å²) in [6.45, 7) is 1.41. The fourth-order valence-electron chi connectivity index (χ4n) is 5.64. The lowest BCUT2D eigenvalue weighted by Gasteiger charge is -2.34. The maximum absolute atomic E-state index is 13.5. The topological polar surface area (TPSA) is 115 Å². The molecule has 2 aromatic heterocycles. The molecule has 18 heteroatoms. The second-order valence-electron chi connectivity index (χ2n) is 12.0. The van der Waals surface area contributed by atoms with Crippen molar-refractivity contribution < 1.29 is 53.8 Å². The number of aromatic nitrogens is 2. The van der Waals surface area contributed by atoms with E-state index in [9.17, 15) is 39.6 Å². The van der Waals surface area contributed by atoms with Crippen LogP contribution in [0.25, 0.3) is 10.9 Å². The quantitative estimate of drug-likeness (QED) is 0.144. The molecule has 0 spiro atoms. The molecule has 3 heterocycles. The Morgan fingerprint density at radius 1 is 0.849 bits per heavy atom. The molecule has 5 aromatic rings. The average Bonchev–Trinajstić information content (AvgIpc) is 3.43. The number of aryl methyl sites for hydroxylation is 1. The summed E-state index contributed by atoms with van der Waals surface area (Å²) in [6.07, 6.45) is -8.20. The van der Waals surface area contributed by atoms with E-state index in [0.717, 1.165) is 35.2 Å². The first kappa shape index (κ1) is 37.3. The van der Waals surface area contributed by atoms with Gasteiger partial charge in [0.05, 0.1) is 22.3 Å². The third-order valence-electron chi connectivity index (χ3n) is 8.19. The number of benzene rings is 3. The Hall–Kier alpha value is -5.49. The third kappa shape index (κ3) is 9.69. The number of piperazine rings is 1. The number of amides is 1. The van der Waals surface area contributed by atoms with Crippen molar-refractivity contribution >= 4 is 32.5 Å². The molecule has 0 unspecified atom stereocenters. The zero-order valence-electron chi connectivity index (χ0n) is 27.8. The van der Waals surface area contributed by atoms with E-state index in [4.69, 9.17) is 9.47 Å². The van der Waals surface area contributed by atoms with Gasteiger partial charge in [0.1, 0.15) is 22.9 Å². The lowest BCUT2D eigenvalue weighted by molar-refractivity contribution is -0.274. The molecule has 0 saturated carbocycles. The van der Waals surface area contributed by atoms with Gasteiger partial charge < -0.3 is 23.7 Å². The van der Waals surface area contributed by atoms with Crippen molar-refractivity contribution in [2.75, 3.05) is 37.5 Å². The first-order valence-corrected chi connectivity index (χ1v) is 17.4. The van der Waals surface area contributed by atoms with Gasteiger partial charge in [-0.3, -0.25) is 14.4 Å². The second kappa shape index (κ2) is 14.9.